The third-order valence-corrected chi connectivity index (χ3v) is 4.47. The number of H-pyrrole nitrogens is 2. The van der Waals surface area contributed by atoms with Crippen molar-refractivity contribution in [2.24, 2.45) is 0 Å². The van der Waals surface area contributed by atoms with Gasteiger partial charge in [0.1, 0.15) is 15.2 Å². The molecule has 0 spiro atoms. The molecule has 2 heterocycles. The highest BCUT2D eigenvalue weighted by Crippen LogP contribution is 2.24. The number of nitrogens with one attached hydrogen (secondary N) is 2. The Morgan fingerprint density at radius 2 is 1.32 bits per heavy atom. The molecule has 11 heteroatoms. The molecule has 0 unspecified atom stereocenters. The van der Waals surface area contributed by atoms with Crippen molar-refractivity contribution in [3.8, 4) is 11.5 Å². The monoisotopic (exact) mass is 508 g/mol. The average molecular weight is 508 g/mol. The first-order chi connectivity index (χ1) is 13.3. The smallest absolute Gasteiger partial charge is 0.387 e. The summed E-state index contributed by atoms with van der Waals surface area (Å²) in [6, 6.07) is 9.27. The zero-order chi connectivity index (χ0) is 20.3. The van der Waals surface area contributed by atoms with Crippen molar-refractivity contribution in [1.82, 2.24) is 20.4 Å². The van der Waals surface area contributed by atoms with Crippen LogP contribution in [0.4, 0.5) is 17.6 Å². The highest BCUT2D eigenvalue weighted by atomic mass is 127. The fourth-order valence-electron chi connectivity index (χ4n) is 2.43. The zero-order valence-electron chi connectivity index (χ0n) is 14.2. The summed E-state index contributed by atoms with van der Waals surface area (Å²) in [5, 5.41) is 15.0. The van der Waals surface area contributed by atoms with Gasteiger partial charge in [-0.05, 0) is 65.9 Å². The second kappa shape index (κ2) is 8.63. The van der Waals surface area contributed by atoms with Crippen molar-refractivity contribution in [1.29, 1.82) is 0 Å². The van der Waals surface area contributed by atoms with E-state index in [0.717, 1.165) is 31.2 Å². The van der Waals surface area contributed by atoms with Crippen molar-refractivity contribution in [3.63, 3.8) is 0 Å². The van der Waals surface area contributed by atoms with E-state index < -0.39 is 13.2 Å². The summed E-state index contributed by atoms with van der Waals surface area (Å²) in [7, 11) is 0. The second-order valence-corrected chi connectivity index (χ2v) is 6.58. The molecular formula is C17H13F4IN4O2. The van der Waals surface area contributed by atoms with Gasteiger partial charge in [0.15, 0.2) is 0 Å². The lowest BCUT2D eigenvalue weighted by Crippen LogP contribution is -2.01. The van der Waals surface area contributed by atoms with Crippen molar-refractivity contribution in [2.45, 2.75) is 20.1 Å². The molecular weight excluding hydrogens is 495 g/mol. The fourth-order valence-corrected chi connectivity index (χ4v) is 2.98. The van der Waals surface area contributed by atoms with Crippen LogP contribution < -0.4 is 9.47 Å². The predicted octanol–water partition coefficient (Wildman–Crippen LogP) is 5.24. The molecule has 0 aliphatic carbocycles. The summed E-state index contributed by atoms with van der Waals surface area (Å²) in [6.07, 6.45) is 0. The molecule has 0 atom stereocenters. The van der Waals surface area contributed by atoms with E-state index in [0.29, 0.717) is 0 Å². The van der Waals surface area contributed by atoms with Gasteiger partial charge in [0.05, 0.1) is 11.0 Å². The van der Waals surface area contributed by atoms with Crippen molar-refractivity contribution in [3.05, 3.63) is 45.8 Å². The van der Waals surface area contributed by atoms with Crippen LogP contribution in [-0.2, 0) is 0 Å². The number of aryl methyl sites for hydroxylation is 1. The molecule has 0 bridgehead atoms. The first kappa shape index (κ1) is 20.2. The largest absolute Gasteiger partial charge is 0.435 e. The van der Waals surface area contributed by atoms with E-state index >= 15 is 0 Å². The number of alkyl halides is 4. The van der Waals surface area contributed by atoms with Crippen LogP contribution in [0.25, 0.3) is 21.8 Å². The van der Waals surface area contributed by atoms with E-state index in [1.165, 1.54) is 18.2 Å². The number of nitrogens with zero attached hydrogens (tertiary/aromatic N) is 2. The van der Waals surface area contributed by atoms with Crippen molar-refractivity contribution >= 4 is 44.4 Å². The van der Waals surface area contributed by atoms with Gasteiger partial charge in [-0.1, -0.05) is 0 Å². The van der Waals surface area contributed by atoms with Crippen LogP contribution in [0.3, 0.4) is 0 Å². The van der Waals surface area contributed by atoms with E-state index in [9.17, 15) is 17.6 Å². The van der Waals surface area contributed by atoms with Gasteiger partial charge in [-0.2, -0.15) is 27.8 Å². The van der Waals surface area contributed by atoms with Crippen molar-refractivity contribution in [2.75, 3.05) is 0 Å². The molecule has 2 aromatic heterocycles. The Kier molecular flexibility index (Phi) is 6.21. The molecule has 0 aliphatic heterocycles. The Bertz CT molecular complexity index is 998. The third kappa shape index (κ3) is 4.82. The molecule has 2 aromatic carbocycles. The quantitative estimate of drug-likeness (QED) is 0.292. The molecule has 0 saturated heterocycles. The van der Waals surface area contributed by atoms with Crippen LogP contribution in [0.1, 0.15) is 5.69 Å². The summed E-state index contributed by atoms with van der Waals surface area (Å²) in [5.41, 5.74) is 2.31. The molecule has 4 aromatic rings. The number of ether oxygens (including phenoxy) is 2. The Balaban J connectivity index is 0.000000161. The summed E-state index contributed by atoms with van der Waals surface area (Å²) >= 11 is 2.04. The molecule has 0 aliphatic rings. The molecule has 0 amide bonds. The standard InChI is InChI=1S/C9H8F2N2O.C8H5F2IN2O/c1-5-7-4-6(14-9(10)11)2-3-8(7)13-12-5;9-8(10)14-4-1-2-6-5(3-4)7(11)13-12-6/h2-4,9H,1H3,(H,12,13);1-3,8H,(H,12,13). The van der Waals surface area contributed by atoms with Gasteiger partial charge < -0.3 is 9.47 Å². The van der Waals surface area contributed by atoms with Crippen LogP contribution in [0.15, 0.2) is 36.4 Å². The topological polar surface area (TPSA) is 75.8 Å². The number of hydrogen-bond donors (Lipinski definition) is 2. The first-order valence-corrected chi connectivity index (χ1v) is 8.89. The van der Waals surface area contributed by atoms with E-state index in [1.807, 2.05) is 29.5 Å². The van der Waals surface area contributed by atoms with Crippen molar-refractivity contribution < 1.29 is 27.0 Å². The number of hydrogen-bond acceptors (Lipinski definition) is 4. The van der Waals surface area contributed by atoms with Crippen LogP contribution >= 0.6 is 22.6 Å². The lowest BCUT2D eigenvalue weighted by atomic mass is 10.2. The normalized spacial score (nSPS) is 11.1. The number of aromatic amines is 2. The van der Waals surface area contributed by atoms with E-state index in [2.05, 4.69) is 29.9 Å². The maximum absolute atomic E-state index is 11.9. The Morgan fingerprint density at radius 3 is 1.89 bits per heavy atom. The number of rotatable bonds is 4. The van der Waals surface area contributed by atoms with Crippen LogP contribution in [0.5, 0.6) is 11.5 Å². The molecule has 148 valence electrons. The number of halogens is 5. The minimum absolute atomic E-state index is 0.145. The number of fused-ring (bicyclic) bond motifs is 2. The van der Waals surface area contributed by atoms with Crippen LogP contribution in [0.2, 0.25) is 0 Å². The molecule has 2 N–H and O–H groups in total. The zero-order valence-corrected chi connectivity index (χ0v) is 16.4. The van der Waals surface area contributed by atoms with Gasteiger partial charge in [0.25, 0.3) is 0 Å². The molecule has 4 rings (SSSR count). The van der Waals surface area contributed by atoms with E-state index in [4.69, 9.17) is 0 Å². The van der Waals surface area contributed by atoms with E-state index in [1.54, 1.807) is 18.2 Å². The molecule has 0 fully saturated rings. The first-order valence-electron chi connectivity index (χ1n) is 7.81. The van der Waals surface area contributed by atoms with Crippen LogP contribution in [-0.4, -0.2) is 33.6 Å². The average Bonchev–Trinajstić information content (AvgIpc) is 3.18. The summed E-state index contributed by atoms with van der Waals surface area (Å²) < 4.78 is 56.9. The lowest BCUT2D eigenvalue weighted by Gasteiger charge is -2.03. The molecule has 0 radical (unpaired) electrons. The Labute approximate surface area is 169 Å². The van der Waals surface area contributed by atoms with E-state index in [-0.39, 0.29) is 11.5 Å². The third-order valence-electron chi connectivity index (χ3n) is 3.65. The summed E-state index contributed by atoms with van der Waals surface area (Å²) in [4.78, 5) is 0. The summed E-state index contributed by atoms with van der Waals surface area (Å²) in [5.74, 6) is 0.295. The maximum atomic E-state index is 11.9. The Hall–Kier alpha value is -2.57. The SMILES string of the molecule is Cc1[nH]nc2ccc(OC(F)F)cc12.FC(F)Oc1ccc2n[nH]c(I)c2c1. The maximum Gasteiger partial charge on any atom is 0.387 e. The predicted molar refractivity (Wildman–Crippen MR) is 103 cm³/mol. The molecule has 0 saturated carbocycles. The van der Waals surface area contributed by atoms with Gasteiger partial charge in [0, 0.05) is 16.5 Å². The van der Waals surface area contributed by atoms with Gasteiger partial charge in [-0.25, -0.2) is 0 Å². The minimum Gasteiger partial charge on any atom is -0.435 e. The van der Waals surface area contributed by atoms with Gasteiger partial charge in [-0.3, -0.25) is 10.2 Å². The fraction of sp³-hybridized carbons (Fsp3) is 0.176. The molecule has 28 heavy (non-hydrogen) atoms. The minimum atomic E-state index is -2.79. The lowest BCUT2D eigenvalue weighted by molar-refractivity contribution is -0.0504. The number of benzene rings is 2. The highest BCUT2D eigenvalue weighted by Gasteiger charge is 2.08. The summed E-state index contributed by atoms with van der Waals surface area (Å²) in [6.45, 7) is -3.77. The Morgan fingerprint density at radius 1 is 0.821 bits per heavy atom. The molecule has 6 nitrogen and oxygen atoms in total. The highest BCUT2D eigenvalue weighted by molar-refractivity contribution is 14.1. The second-order valence-electron chi connectivity index (χ2n) is 5.50. The van der Waals surface area contributed by atoms with Gasteiger partial charge in [-0.15, -0.1) is 0 Å². The number of aromatic nitrogens is 4. The van der Waals surface area contributed by atoms with Gasteiger partial charge >= 0.3 is 13.2 Å². The van der Waals surface area contributed by atoms with Gasteiger partial charge in [0.2, 0.25) is 0 Å². The van der Waals surface area contributed by atoms with Crippen LogP contribution in [0, 0.1) is 10.6 Å².